The van der Waals surface area contributed by atoms with Gasteiger partial charge in [-0.2, -0.15) is 0 Å². The first-order valence-electron chi connectivity index (χ1n) is 7.78. The van der Waals surface area contributed by atoms with Crippen molar-refractivity contribution in [2.24, 2.45) is 5.92 Å². The molecule has 0 radical (unpaired) electrons. The predicted octanol–water partition coefficient (Wildman–Crippen LogP) is 3.02. The first-order chi connectivity index (χ1) is 10.1. The van der Waals surface area contributed by atoms with E-state index in [1.807, 2.05) is 18.2 Å². The highest BCUT2D eigenvalue weighted by atomic mass is 16.5. The molecule has 1 aliphatic heterocycles. The molecule has 2 rings (SSSR count). The summed E-state index contributed by atoms with van der Waals surface area (Å²) >= 11 is 0. The number of carbonyl (C=O) groups excluding carboxylic acids is 1. The van der Waals surface area contributed by atoms with Gasteiger partial charge in [-0.1, -0.05) is 19.9 Å². The van der Waals surface area contributed by atoms with Gasteiger partial charge in [0.15, 0.2) is 0 Å². The molecular weight excluding hydrogens is 266 g/mol. The standard InChI is InChI=1S/C17H25NO3/c1-13(2)8-9-18-17(19)14-5-3-6-15(11-14)21-12-16-7-4-10-20-16/h3,5-6,11,13,16H,4,7-10,12H2,1-2H3,(H,18,19). The highest BCUT2D eigenvalue weighted by Gasteiger charge is 2.16. The average Bonchev–Trinajstić information content (AvgIpc) is 2.98. The van der Waals surface area contributed by atoms with Crippen LogP contribution in [0.25, 0.3) is 0 Å². The van der Waals surface area contributed by atoms with E-state index in [4.69, 9.17) is 9.47 Å². The lowest BCUT2D eigenvalue weighted by molar-refractivity contribution is 0.0679. The van der Waals surface area contributed by atoms with Crippen LogP contribution in [0.3, 0.4) is 0 Å². The Kier molecular flexibility index (Phi) is 6.05. The molecule has 1 saturated heterocycles. The molecule has 0 saturated carbocycles. The van der Waals surface area contributed by atoms with Crippen LogP contribution < -0.4 is 10.1 Å². The molecule has 1 heterocycles. The number of amides is 1. The average molecular weight is 291 g/mol. The minimum atomic E-state index is -0.0433. The van der Waals surface area contributed by atoms with Crippen LogP contribution in [0.4, 0.5) is 0 Å². The van der Waals surface area contributed by atoms with Crippen LogP contribution in [0.1, 0.15) is 43.5 Å². The van der Waals surface area contributed by atoms with Crippen molar-refractivity contribution in [2.45, 2.75) is 39.2 Å². The fraction of sp³-hybridized carbons (Fsp3) is 0.588. The summed E-state index contributed by atoms with van der Waals surface area (Å²) < 4.78 is 11.2. The van der Waals surface area contributed by atoms with Crippen molar-refractivity contribution >= 4 is 5.91 Å². The lowest BCUT2D eigenvalue weighted by Gasteiger charge is -2.12. The fourth-order valence-electron chi connectivity index (χ4n) is 2.27. The van der Waals surface area contributed by atoms with Gasteiger partial charge in [-0.05, 0) is 43.4 Å². The Morgan fingerprint density at radius 3 is 3.05 bits per heavy atom. The van der Waals surface area contributed by atoms with Crippen LogP contribution in [0.2, 0.25) is 0 Å². The predicted molar refractivity (Wildman–Crippen MR) is 82.7 cm³/mol. The van der Waals surface area contributed by atoms with Gasteiger partial charge in [0.1, 0.15) is 12.4 Å². The minimum absolute atomic E-state index is 0.0433. The molecule has 0 aliphatic carbocycles. The van der Waals surface area contributed by atoms with Crippen LogP contribution in [0.15, 0.2) is 24.3 Å². The van der Waals surface area contributed by atoms with E-state index in [-0.39, 0.29) is 12.0 Å². The zero-order chi connectivity index (χ0) is 15.1. The van der Waals surface area contributed by atoms with Gasteiger partial charge in [-0.15, -0.1) is 0 Å². The summed E-state index contributed by atoms with van der Waals surface area (Å²) in [4.78, 5) is 12.0. The summed E-state index contributed by atoms with van der Waals surface area (Å²) in [5.41, 5.74) is 0.642. The van der Waals surface area contributed by atoms with Crippen molar-refractivity contribution in [2.75, 3.05) is 19.8 Å². The molecule has 0 aromatic heterocycles. The lowest BCUT2D eigenvalue weighted by Crippen LogP contribution is -2.25. The SMILES string of the molecule is CC(C)CCNC(=O)c1cccc(OCC2CCCO2)c1. The van der Waals surface area contributed by atoms with E-state index < -0.39 is 0 Å². The molecule has 1 atom stereocenters. The van der Waals surface area contributed by atoms with Crippen LogP contribution in [0, 0.1) is 5.92 Å². The van der Waals surface area contributed by atoms with Gasteiger partial charge in [0.25, 0.3) is 5.91 Å². The number of ether oxygens (including phenoxy) is 2. The maximum Gasteiger partial charge on any atom is 0.251 e. The van der Waals surface area contributed by atoms with Crippen molar-refractivity contribution in [1.29, 1.82) is 0 Å². The van der Waals surface area contributed by atoms with Gasteiger partial charge in [0.05, 0.1) is 6.10 Å². The second-order valence-electron chi connectivity index (χ2n) is 5.91. The fourth-order valence-corrected chi connectivity index (χ4v) is 2.27. The number of hydrogen-bond acceptors (Lipinski definition) is 3. The molecule has 0 spiro atoms. The summed E-state index contributed by atoms with van der Waals surface area (Å²) in [5.74, 6) is 1.27. The molecule has 1 aromatic carbocycles. The van der Waals surface area contributed by atoms with Gasteiger partial charge in [-0.25, -0.2) is 0 Å². The summed E-state index contributed by atoms with van der Waals surface area (Å²) in [7, 11) is 0. The molecule has 21 heavy (non-hydrogen) atoms. The van der Waals surface area contributed by atoms with Crippen molar-refractivity contribution in [1.82, 2.24) is 5.32 Å². The maximum absolute atomic E-state index is 12.0. The number of benzene rings is 1. The van der Waals surface area contributed by atoms with Gasteiger partial charge in [0, 0.05) is 18.7 Å². The van der Waals surface area contributed by atoms with Gasteiger partial charge >= 0.3 is 0 Å². The quantitative estimate of drug-likeness (QED) is 0.840. The van der Waals surface area contributed by atoms with Gasteiger partial charge in [-0.3, -0.25) is 4.79 Å². The van der Waals surface area contributed by atoms with Crippen molar-refractivity contribution in [3.8, 4) is 5.75 Å². The largest absolute Gasteiger partial charge is 0.491 e. The second kappa shape index (κ2) is 8.03. The van der Waals surface area contributed by atoms with E-state index in [1.165, 1.54) is 0 Å². The van der Waals surface area contributed by atoms with E-state index in [1.54, 1.807) is 6.07 Å². The van der Waals surface area contributed by atoms with E-state index in [9.17, 15) is 4.79 Å². The highest BCUT2D eigenvalue weighted by Crippen LogP contribution is 2.17. The Morgan fingerprint density at radius 2 is 2.33 bits per heavy atom. The first kappa shape index (κ1) is 15.8. The van der Waals surface area contributed by atoms with Crippen LogP contribution in [-0.4, -0.2) is 31.8 Å². The van der Waals surface area contributed by atoms with Gasteiger partial charge < -0.3 is 14.8 Å². The molecule has 1 amide bonds. The molecule has 1 unspecified atom stereocenters. The lowest BCUT2D eigenvalue weighted by atomic mass is 10.1. The summed E-state index contributed by atoms with van der Waals surface area (Å²) in [5, 5.41) is 2.94. The van der Waals surface area contributed by atoms with E-state index in [0.717, 1.165) is 31.6 Å². The zero-order valence-electron chi connectivity index (χ0n) is 12.9. The molecule has 0 bridgehead atoms. The van der Waals surface area contributed by atoms with E-state index >= 15 is 0 Å². The normalized spacial score (nSPS) is 18.0. The molecule has 4 heteroatoms. The molecule has 1 aromatic rings. The van der Waals surface area contributed by atoms with Crippen molar-refractivity contribution in [3.63, 3.8) is 0 Å². The van der Waals surface area contributed by atoms with E-state index in [2.05, 4.69) is 19.2 Å². The van der Waals surface area contributed by atoms with Gasteiger partial charge in [0.2, 0.25) is 0 Å². The summed E-state index contributed by atoms with van der Waals surface area (Å²) in [6, 6.07) is 7.32. The van der Waals surface area contributed by atoms with E-state index in [0.29, 0.717) is 24.6 Å². The monoisotopic (exact) mass is 291 g/mol. The summed E-state index contributed by atoms with van der Waals surface area (Å²) in [6.45, 7) is 6.37. The Balaban J connectivity index is 1.82. The number of carbonyl (C=O) groups is 1. The molecule has 1 fully saturated rings. The smallest absolute Gasteiger partial charge is 0.251 e. The molecule has 1 aliphatic rings. The Labute approximate surface area is 126 Å². The first-order valence-corrected chi connectivity index (χ1v) is 7.78. The third-order valence-electron chi connectivity index (χ3n) is 3.56. The Hall–Kier alpha value is -1.55. The van der Waals surface area contributed by atoms with Crippen LogP contribution in [0.5, 0.6) is 5.75 Å². The zero-order valence-corrected chi connectivity index (χ0v) is 12.9. The molecule has 4 nitrogen and oxygen atoms in total. The molecular formula is C17H25NO3. The number of rotatable bonds is 7. The topological polar surface area (TPSA) is 47.6 Å². The van der Waals surface area contributed by atoms with Crippen LogP contribution in [-0.2, 0) is 4.74 Å². The Morgan fingerprint density at radius 1 is 1.48 bits per heavy atom. The van der Waals surface area contributed by atoms with Crippen LogP contribution >= 0.6 is 0 Å². The molecule has 116 valence electrons. The number of nitrogens with one attached hydrogen (secondary N) is 1. The summed E-state index contributed by atoms with van der Waals surface area (Å²) in [6.07, 6.45) is 3.33. The van der Waals surface area contributed by atoms with Crippen molar-refractivity contribution in [3.05, 3.63) is 29.8 Å². The maximum atomic E-state index is 12.0. The second-order valence-corrected chi connectivity index (χ2v) is 5.91. The Bertz CT molecular complexity index is 453. The minimum Gasteiger partial charge on any atom is -0.491 e. The number of hydrogen-bond donors (Lipinski definition) is 1. The third-order valence-corrected chi connectivity index (χ3v) is 3.56. The van der Waals surface area contributed by atoms with Crippen molar-refractivity contribution < 1.29 is 14.3 Å². The third kappa shape index (κ3) is 5.38. The molecule has 1 N–H and O–H groups in total. The highest BCUT2D eigenvalue weighted by molar-refractivity contribution is 5.94.